The van der Waals surface area contributed by atoms with Crippen molar-refractivity contribution in [1.29, 1.82) is 0 Å². The molecule has 3 aromatic carbocycles. The molecule has 3 aromatic rings. The summed E-state index contributed by atoms with van der Waals surface area (Å²) in [6.07, 6.45) is 1.76. The molecule has 0 saturated carbocycles. The maximum absolute atomic E-state index is 12.4. The Morgan fingerprint density at radius 1 is 1.03 bits per heavy atom. The summed E-state index contributed by atoms with van der Waals surface area (Å²) in [6.45, 7) is 0.309. The Hall–Kier alpha value is -2.93. The van der Waals surface area contributed by atoms with E-state index < -0.39 is 0 Å². The Kier molecular flexibility index (Phi) is 7.05. The van der Waals surface area contributed by atoms with Crippen molar-refractivity contribution in [3.63, 3.8) is 0 Å². The van der Waals surface area contributed by atoms with Gasteiger partial charge in [0.25, 0.3) is 5.91 Å². The average Bonchev–Trinajstić information content (AvgIpc) is 3.13. The molecule has 162 valence electrons. The van der Waals surface area contributed by atoms with Crippen LogP contribution in [0.5, 0.6) is 11.5 Å². The Morgan fingerprint density at radius 3 is 2.53 bits per heavy atom. The van der Waals surface area contributed by atoms with Gasteiger partial charge in [0.2, 0.25) is 0 Å². The molecule has 1 fully saturated rings. The Morgan fingerprint density at radius 2 is 1.81 bits per heavy atom. The van der Waals surface area contributed by atoms with Crippen molar-refractivity contribution >= 4 is 57.8 Å². The van der Waals surface area contributed by atoms with E-state index in [0.29, 0.717) is 32.5 Å². The van der Waals surface area contributed by atoms with Crippen LogP contribution < -0.4 is 14.8 Å². The number of benzene rings is 3. The van der Waals surface area contributed by atoms with Crippen molar-refractivity contribution in [2.45, 2.75) is 6.61 Å². The van der Waals surface area contributed by atoms with E-state index in [9.17, 15) is 4.79 Å². The maximum Gasteiger partial charge on any atom is 0.264 e. The van der Waals surface area contributed by atoms with Crippen LogP contribution in [0.1, 0.15) is 11.1 Å². The zero-order chi connectivity index (χ0) is 22.5. The molecule has 1 aliphatic rings. The number of nitrogens with zero attached hydrogens (tertiary/aromatic N) is 1. The molecular formula is C24H18Cl2N2O3S. The van der Waals surface area contributed by atoms with Crippen LogP contribution >= 0.6 is 35.0 Å². The van der Waals surface area contributed by atoms with Gasteiger partial charge in [-0.05, 0) is 65.9 Å². The van der Waals surface area contributed by atoms with Crippen LogP contribution in [0.25, 0.3) is 6.08 Å². The Bertz CT molecular complexity index is 1210. The maximum atomic E-state index is 12.4. The van der Waals surface area contributed by atoms with Crippen LogP contribution in [0.3, 0.4) is 0 Å². The lowest BCUT2D eigenvalue weighted by molar-refractivity contribution is -0.115. The highest BCUT2D eigenvalue weighted by Gasteiger charge is 2.24. The molecule has 8 heteroatoms. The Balaban J connectivity index is 1.45. The number of hydrogen-bond acceptors (Lipinski definition) is 5. The fourth-order valence-corrected chi connectivity index (χ4v) is 4.18. The number of amidine groups is 1. The number of nitrogens with one attached hydrogen (secondary N) is 1. The van der Waals surface area contributed by atoms with E-state index in [1.807, 2.05) is 54.6 Å². The van der Waals surface area contributed by atoms with Crippen molar-refractivity contribution in [2.24, 2.45) is 4.99 Å². The summed E-state index contributed by atoms with van der Waals surface area (Å²) in [7, 11) is 1.61. The molecule has 1 heterocycles. The van der Waals surface area contributed by atoms with Crippen molar-refractivity contribution in [2.75, 3.05) is 7.11 Å². The van der Waals surface area contributed by atoms with Crippen LogP contribution in [0.4, 0.5) is 5.69 Å². The minimum absolute atomic E-state index is 0.211. The van der Waals surface area contributed by atoms with Gasteiger partial charge in [0.15, 0.2) is 5.17 Å². The van der Waals surface area contributed by atoms with Gasteiger partial charge in [0.1, 0.15) is 18.1 Å². The van der Waals surface area contributed by atoms with Gasteiger partial charge in [-0.2, -0.15) is 0 Å². The number of methoxy groups -OCH3 is 1. The zero-order valence-corrected chi connectivity index (χ0v) is 19.3. The predicted octanol–water partition coefficient (Wildman–Crippen LogP) is 6.47. The first kappa shape index (κ1) is 22.3. The van der Waals surface area contributed by atoms with Gasteiger partial charge in [-0.3, -0.25) is 4.79 Å². The highest BCUT2D eigenvalue weighted by Crippen LogP contribution is 2.32. The summed E-state index contributed by atoms with van der Waals surface area (Å²) in [4.78, 5) is 17.3. The fraction of sp³-hybridized carbons (Fsp3) is 0.0833. The summed E-state index contributed by atoms with van der Waals surface area (Å²) in [5, 5.41) is 4.37. The van der Waals surface area contributed by atoms with Gasteiger partial charge < -0.3 is 14.8 Å². The van der Waals surface area contributed by atoms with Crippen LogP contribution in [0.15, 0.2) is 76.6 Å². The van der Waals surface area contributed by atoms with Crippen LogP contribution in [-0.2, 0) is 11.4 Å². The van der Waals surface area contributed by atoms with Gasteiger partial charge in [0, 0.05) is 10.6 Å². The molecule has 0 unspecified atom stereocenters. The largest absolute Gasteiger partial charge is 0.497 e. The molecule has 0 atom stereocenters. The molecular weight excluding hydrogens is 467 g/mol. The zero-order valence-electron chi connectivity index (χ0n) is 17.0. The van der Waals surface area contributed by atoms with E-state index >= 15 is 0 Å². The third-order valence-electron chi connectivity index (χ3n) is 4.55. The average molecular weight is 485 g/mol. The van der Waals surface area contributed by atoms with Gasteiger partial charge in [0.05, 0.1) is 22.7 Å². The molecule has 0 aliphatic carbocycles. The topological polar surface area (TPSA) is 59.9 Å². The van der Waals surface area contributed by atoms with E-state index in [-0.39, 0.29) is 5.91 Å². The van der Waals surface area contributed by atoms with Crippen LogP contribution in [0, 0.1) is 0 Å². The van der Waals surface area contributed by atoms with Crippen LogP contribution in [-0.4, -0.2) is 18.2 Å². The van der Waals surface area contributed by atoms with E-state index in [1.165, 1.54) is 11.8 Å². The summed E-state index contributed by atoms with van der Waals surface area (Å²) in [5.41, 5.74) is 2.38. The number of thioether (sulfide) groups is 1. The highest BCUT2D eigenvalue weighted by atomic mass is 35.5. The summed E-state index contributed by atoms with van der Waals surface area (Å²) < 4.78 is 10.9. The predicted molar refractivity (Wildman–Crippen MR) is 131 cm³/mol. The number of rotatable bonds is 6. The molecule has 0 bridgehead atoms. The molecule has 1 amide bonds. The second-order valence-electron chi connectivity index (χ2n) is 6.75. The quantitative estimate of drug-likeness (QED) is 0.407. The second-order valence-corrected chi connectivity index (χ2v) is 8.59. The molecule has 1 saturated heterocycles. The Labute approximate surface area is 200 Å². The number of hydrogen-bond donors (Lipinski definition) is 1. The standard InChI is InChI=1S/C24H18Cl2N2O3S/c1-30-18-9-7-17(8-10-18)27-24-28-23(29)22(32-24)13-15-6-11-21(20(26)12-15)31-14-16-4-2-3-5-19(16)25/h2-13H,14H2,1H3,(H,27,28,29)/b22-13-. The summed E-state index contributed by atoms with van der Waals surface area (Å²) >= 11 is 13.8. The lowest BCUT2D eigenvalue weighted by atomic mass is 10.2. The first-order valence-corrected chi connectivity index (χ1v) is 11.2. The fourth-order valence-electron chi connectivity index (χ4n) is 2.90. The monoisotopic (exact) mass is 484 g/mol. The van der Waals surface area contributed by atoms with E-state index in [4.69, 9.17) is 32.7 Å². The third kappa shape index (κ3) is 5.46. The molecule has 32 heavy (non-hydrogen) atoms. The number of ether oxygens (including phenoxy) is 2. The first-order chi connectivity index (χ1) is 15.5. The van der Waals surface area contributed by atoms with Gasteiger partial charge in [-0.15, -0.1) is 0 Å². The van der Waals surface area contributed by atoms with Crippen molar-refractivity contribution in [3.05, 3.63) is 92.8 Å². The molecule has 0 aromatic heterocycles. The molecule has 5 nitrogen and oxygen atoms in total. The van der Waals surface area contributed by atoms with Crippen molar-refractivity contribution in [1.82, 2.24) is 5.32 Å². The first-order valence-electron chi connectivity index (χ1n) is 9.61. The van der Waals surface area contributed by atoms with Crippen molar-refractivity contribution in [3.8, 4) is 11.5 Å². The van der Waals surface area contributed by atoms with Gasteiger partial charge >= 0.3 is 0 Å². The summed E-state index contributed by atoms with van der Waals surface area (Å²) in [6, 6.07) is 20.1. The number of aliphatic imine (C=N–C) groups is 1. The van der Waals surface area contributed by atoms with Gasteiger partial charge in [-0.1, -0.05) is 47.5 Å². The number of amides is 1. The van der Waals surface area contributed by atoms with E-state index in [2.05, 4.69) is 10.3 Å². The molecule has 0 spiro atoms. The number of carbonyl (C=O) groups is 1. The number of halogens is 2. The lowest BCUT2D eigenvalue weighted by Crippen LogP contribution is -2.19. The number of carbonyl (C=O) groups excluding carboxylic acids is 1. The highest BCUT2D eigenvalue weighted by molar-refractivity contribution is 8.18. The lowest BCUT2D eigenvalue weighted by Gasteiger charge is -2.10. The minimum atomic E-state index is -0.211. The third-order valence-corrected chi connectivity index (χ3v) is 6.12. The normalized spacial score (nSPS) is 15.8. The van der Waals surface area contributed by atoms with E-state index in [0.717, 1.165) is 22.6 Å². The van der Waals surface area contributed by atoms with E-state index in [1.54, 1.807) is 25.3 Å². The smallest absolute Gasteiger partial charge is 0.264 e. The molecule has 1 aliphatic heterocycles. The van der Waals surface area contributed by atoms with Gasteiger partial charge in [-0.25, -0.2) is 4.99 Å². The molecule has 1 N–H and O–H groups in total. The second kappa shape index (κ2) is 10.1. The minimum Gasteiger partial charge on any atom is -0.497 e. The van der Waals surface area contributed by atoms with Crippen LogP contribution in [0.2, 0.25) is 10.0 Å². The van der Waals surface area contributed by atoms with Crippen molar-refractivity contribution < 1.29 is 14.3 Å². The summed E-state index contributed by atoms with van der Waals surface area (Å²) in [5.74, 6) is 1.07. The SMILES string of the molecule is COc1ccc(N=C2NC(=O)/C(=C/c3ccc(OCc4ccccc4Cl)c(Cl)c3)S2)cc1. The molecule has 0 radical (unpaired) electrons. The molecule has 4 rings (SSSR count).